The van der Waals surface area contributed by atoms with Crippen molar-refractivity contribution in [2.75, 3.05) is 0 Å². The van der Waals surface area contributed by atoms with E-state index in [1.54, 1.807) is 6.92 Å². The zero-order valence-electron chi connectivity index (χ0n) is 5.14. The fourth-order valence-electron chi connectivity index (χ4n) is 0.875. The highest BCUT2D eigenvalue weighted by Crippen LogP contribution is 2.51. The Bertz CT molecular complexity index is 130. The van der Waals surface area contributed by atoms with E-state index in [1.165, 1.54) is 0 Å². The Balaban J connectivity index is 2.60. The first-order valence-corrected chi connectivity index (χ1v) is 2.81. The van der Waals surface area contributed by atoms with Gasteiger partial charge in [-0.05, 0) is 19.3 Å². The molecule has 0 bridgehead atoms. The number of carboxylic acid groups (broad SMARTS) is 1. The first kappa shape index (κ1) is 5.60. The maximum atomic E-state index is 10.3. The van der Waals surface area contributed by atoms with E-state index in [9.17, 15) is 4.79 Å². The lowest BCUT2D eigenvalue weighted by Gasteiger charge is -1.98. The van der Waals surface area contributed by atoms with Crippen LogP contribution in [0.3, 0.4) is 0 Å². The molecule has 1 fully saturated rings. The van der Waals surface area contributed by atoms with Gasteiger partial charge in [-0.1, -0.05) is 6.92 Å². The molecule has 0 amide bonds. The molecule has 0 aliphatic heterocycles. The summed E-state index contributed by atoms with van der Waals surface area (Å²) in [5.74, 6) is -0.259. The highest BCUT2D eigenvalue weighted by Gasteiger charge is 2.53. The summed E-state index contributed by atoms with van der Waals surface area (Å²) in [4.78, 5) is 10.3. The van der Waals surface area contributed by atoms with Crippen molar-refractivity contribution in [2.24, 2.45) is 11.3 Å². The minimum absolute atomic E-state index is 0.375. The van der Waals surface area contributed by atoms with E-state index in [0.717, 1.165) is 6.42 Å². The van der Waals surface area contributed by atoms with E-state index in [-0.39, 0.29) is 5.41 Å². The summed E-state index contributed by atoms with van der Waals surface area (Å²) in [7, 11) is 0. The standard InChI is InChI=1S/C6H10O2/c1-4-3-6(4,2)5(7)8/h4H,3H2,1-2H3,(H,7,8)/t4-,6-/m1/s1. The predicted octanol–water partition coefficient (Wildman–Crippen LogP) is 1.12. The molecule has 0 aromatic rings. The molecule has 0 spiro atoms. The van der Waals surface area contributed by atoms with Crippen LogP contribution in [0, 0.1) is 11.3 Å². The van der Waals surface area contributed by atoms with E-state index in [4.69, 9.17) is 5.11 Å². The lowest BCUT2D eigenvalue weighted by atomic mass is 10.1. The molecule has 1 saturated carbocycles. The van der Waals surface area contributed by atoms with Crippen LogP contribution in [0.1, 0.15) is 20.3 Å². The van der Waals surface area contributed by atoms with Gasteiger partial charge in [0.15, 0.2) is 0 Å². The summed E-state index contributed by atoms with van der Waals surface area (Å²) in [6.45, 7) is 3.76. The summed E-state index contributed by atoms with van der Waals surface area (Å²) in [5.41, 5.74) is -0.375. The average Bonchev–Trinajstić information content (AvgIpc) is 2.17. The molecule has 1 aliphatic rings. The Hall–Kier alpha value is -0.530. The lowest BCUT2D eigenvalue weighted by Crippen LogP contribution is -2.11. The third kappa shape index (κ3) is 0.522. The minimum atomic E-state index is -0.648. The Kier molecular flexibility index (Phi) is 0.872. The van der Waals surface area contributed by atoms with Crippen LogP contribution in [0.15, 0.2) is 0 Å². The molecule has 2 heteroatoms. The summed E-state index contributed by atoms with van der Waals surface area (Å²) < 4.78 is 0. The molecule has 0 aromatic heterocycles. The number of aliphatic carboxylic acids is 1. The Morgan fingerprint density at radius 1 is 1.88 bits per heavy atom. The largest absolute Gasteiger partial charge is 0.481 e. The molecule has 46 valence electrons. The lowest BCUT2D eigenvalue weighted by molar-refractivity contribution is -0.143. The number of hydrogen-bond donors (Lipinski definition) is 1. The number of hydrogen-bond acceptors (Lipinski definition) is 1. The van der Waals surface area contributed by atoms with Crippen molar-refractivity contribution in [3.8, 4) is 0 Å². The average molecular weight is 114 g/mol. The molecule has 8 heavy (non-hydrogen) atoms. The van der Waals surface area contributed by atoms with Crippen molar-refractivity contribution < 1.29 is 9.90 Å². The van der Waals surface area contributed by atoms with E-state index < -0.39 is 5.97 Å². The van der Waals surface area contributed by atoms with Gasteiger partial charge in [0, 0.05) is 0 Å². The monoisotopic (exact) mass is 114 g/mol. The zero-order valence-corrected chi connectivity index (χ0v) is 5.14. The van der Waals surface area contributed by atoms with Crippen LogP contribution in [0.5, 0.6) is 0 Å². The van der Waals surface area contributed by atoms with Crippen LogP contribution in [-0.4, -0.2) is 11.1 Å². The van der Waals surface area contributed by atoms with Gasteiger partial charge in [-0.3, -0.25) is 4.79 Å². The Labute approximate surface area is 48.5 Å². The van der Waals surface area contributed by atoms with Crippen LogP contribution in [0.2, 0.25) is 0 Å². The molecule has 1 rings (SSSR count). The second-order valence-corrected chi connectivity index (χ2v) is 2.83. The predicted molar refractivity (Wildman–Crippen MR) is 29.5 cm³/mol. The molecule has 1 aliphatic carbocycles. The highest BCUT2D eigenvalue weighted by molar-refractivity contribution is 5.77. The maximum absolute atomic E-state index is 10.3. The Morgan fingerprint density at radius 3 is 2.25 bits per heavy atom. The van der Waals surface area contributed by atoms with Crippen molar-refractivity contribution in [3.05, 3.63) is 0 Å². The van der Waals surface area contributed by atoms with Crippen LogP contribution in [0.25, 0.3) is 0 Å². The van der Waals surface area contributed by atoms with Gasteiger partial charge in [-0.25, -0.2) is 0 Å². The van der Waals surface area contributed by atoms with Crippen molar-refractivity contribution in [2.45, 2.75) is 20.3 Å². The maximum Gasteiger partial charge on any atom is 0.309 e. The first-order chi connectivity index (χ1) is 3.57. The van der Waals surface area contributed by atoms with Crippen molar-refractivity contribution in [1.29, 1.82) is 0 Å². The number of carboxylic acids is 1. The van der Waals surface area contributed by atoms with Gasteiger partial charge in [0.25, 0.3) is 0 Å². The van der Waals surface area contributed by atoms with Crippen molar-refractivity contribution in [3.63, 3.8) is 0 Å². The smallest absolute Gasteiger partial charge is 0.309 e. The van der Waals surface area contributed by atoms with E-state index >= 15 is 0 Å². The van der Waals surface area contributed by atoms with E-state index in [1.807, 2.05) is 6.92 Å². The summed E-state index contributed by atoms with van der Waals surface area (Å²) >= 11 is 0. The number of carbonyl (C=O) groups is 1. The third-order valence-electron chi connectivity index (χ3n) is 2.15. The van der Waals surface area contributed by atoms with Crippen LogP contribution in [-0.2, 0) is 4.79 Å². The molecule has 2 nitrogen and oxygen atoms in total. The second kappa shape index (κ2) is 1.24. The Morgan fingerprint density at radius 2 is 2.25 bits per heavy atom. The summed E-state index contributed by atoms with van der Waals surface area (Å²) in [6.07, 6.45) is 0.850. The molecular formula is C6H10O2. The highest BCUT2D eigenvalue weighted by atomic mass is 16.4. The van der Waals surface area contributed by atoms with Gasteiger partial charge < -0.3 is 5.11 Å². The molecule has 1 N–H and O–H groups in total. The second-order valence-electron chi connectivity index (χ2n) is 2.83. The van der Waals surface area contributed by atoms with Crippen molar-refractivity contribution >= 4 is 5.97 Å². The molecule has 2 atom stereocenters. The summed E-state index contributed by atoms with van der Waals surface area (Å²) in [6, 6.07) is 0. The first-order valence-electron chi connectivity index (χ1n) is 2.81. The molecule has 0 heterocycles. The van der Waals surface area contributed by atoms with Crippen LogP contribution in [0.4, 0.5) is 0 Å². The molecule has 0 aromatic carbocycles. The van der Waals surface area contributed by atoms with Crippen LogP contribution >= 0.6 is 0 Å². The van der Waals surface area contributed by atoms with Gasteiger partial charge in [0.05, 0.1) is 5.41 Å². The van der Waals surface area contributed by atoms with Gasteiger partial charge in [0.2, 0.25) is 0 Å². The third-order valence-corrected chi connectivity index (χ3v) is 2.15. The van der Waals surface area contributed by atoms with Gasteiger partial charge >= 0.3 is 5.97 Å². The molecule has 0 radical (unpaired) electrons. The SMILES string of the molecule is C[C@@H]1C[C@@]1(C)C(=O)O. The van der Waals surface area contributed by atoms with E-state index in [2.05, 4.69) is 0 Å². The molecular weight excluding hydrogens is 104 g/mol. The van der Waals surface area contributed by atoms with E-state index in [0.29, 0.717) is 5.92 Å². The van der Waals surface area contributed by atoms with Crippen molar-refractivity contribution in [1.82, 2.24) is 0 Å². The van der Waals surface area contributed by atoms with Crippen LogP contribution < -0.4 is 0 Å². The summed E-state index contributed by atoms with van der Waals surface area (Å²) in [5, 5.41) is 8.48. The van der Waals surface area contributed by atoms with Gasteiger partial charge in [0.1, 0.15) is 0 Å². The van der Waals surface area contributed by atoms with Gasteiger partial charge in [-0.2, -0.15) is 0 Å². The van der Waals surface area contributed by atoms with Gasteiger partial charge in [-0.15, -0.1) is 0 Å². The zero-order chi connectivity index (χ0) is 6.36. The topological polar surface area (TPSA) is 37.3 Å². The normalized spacial score (nSPS) is 44.0. The minimum Gasteiger partial charge on any atom is -0.481 e. The number of rotatable bonds is 1. The molecule has 0 unspecified atom stereocenters. The quantitative estimate of drug-likeness (QED) is 0.554. The fourth-order valence-corrected chi connectivity index (χ4v) is 0.875. The molecule has 0 saturated heterocycles. The fraction of sp³-hybridized carbons (Fsp3) is 0.833.